The van der Waals surface area contributed by atoms with E-state index in [1.807, 2.05) is 18.2 Å². The zero-order chi connectivity index (χ0) is 18.8. The van der Waals surface area contributed by atoms with E-state index in [4.69, 9.17) is 16.1 Å². The minimum Gasteiger partial charge on any atom is -0.356 e. The SMILES string of the molecule is O=C(Cc1noc2ccccc12)Nc1ncc(Cc2ccc(F)c(Cl)c2)s1. The molecule has 8 heteroatoms. The summed E-state index contributed by atoms with van der Waals surface area (Å²) in [4.78, 5) is 17.4. The van der Waals surface area contributed by atoms with E-state index < -0.39 is 5.82 Å². The molecular weight excluding hydrogens is 389 g/mol. The van der Waals surface area contributed by atoms with Crippen LogP contribution in [0.3, 0.4) is 0 Å². The highest BCUT2D eigenvalue weighted by atomic mass is 35.5. The van der Waals surface area contributed by atoms with Crippen LogP contribution >= 0.6 is 22.9 Å². The molecule has 0 atom stereocenters. The van der Waals surface area contributed by atoms with Crippen LogP contribution in [-0.2, 0) is 17.6 Å². The number of benzene rings is 2. The number of fused-ring (bicyclic) bond motifs is 1. The van der Waals surface area contributed by atoms with Gasteiger partial charge in [0.2, 0.25) is 5.91 Å². The Labute approximate surface area is 162 Å². The Morgan fingerprint density at radius 1 is 1.26 bits per heavy atom. The average molecular weight is 402 g/mol. The predicted molar refractivity (Wildman–Crippen MR) is 103 cm³/mol. The number of nitrogens with zero attached hydrogens (tertiary/aromatic N) is 2. The summed E-state index contributed by atoms with van der Waals surface area (Å²) in [5, 5.41) is 8.13. The molecule has 0 bridgehead atoms. The van der Waals surface area contributed by atoms with Crippen molar-refractivity contribution < 1.29 is 13.7 Å². The Morgan fingerprint density at radius 3 is 2.96 bits per heavy atom. The standard InChI is InChI=1S/C19H13ClFN3O2S/c20-14-8-11(5-6-15(14)21)7-12-10-22-19(27-12)23-18(25)9-16-13-3-1-2-4-17(13)26-24-16/h1-6,8,10H,7,9H2,(H,22,23,25). The van der Waals surface area contributed by atoms with Gasteiger partial charge in [-0.1, -0.05) is 35.0 Å². The van der Waals surface area contributed by atoms with E-state index in [0.717, 1.165) is 15.8 Å². The van der Waals surface area contributed by atoms with Crippen molar-refractivity contribution in [3.8, 4) is 0 Å². The lowest BCUT2D eigenvalue weighted by Crippen LogP contribution is -2.14. The van der Waals surface area contributed by atoms with Crippen LogP contribution in [0.4, 0.5) is 9.52 Å². The van der Waals surface area contributed by atoms with Gasteiger partial charge >= 0.3 is 0 Å². The van der Waals surface area contributed by atoms with E-state index in [2.05, 4.69) is 15.5 Å². The highest BCUT2D eigenvalue weighted by molar-refractivity contribution is 7.15. The van der Waals surface area contributed by atoms with Crippen molar-refractivity contribution in [2.24, 2.45) is 0 Å². The van der Waals surface area contributed by atoms with Crippen LogP contribution < -0.4 is 5.32 Å². The fraction of sp³-hybridized carbons (Fsp3) is 0.105. The fourth-order valence-corrected chi connectivity index (χ4v) is 3.74. The Bertz CT molecular complexity index is 1130. The summed E-state index contributed by atoms with van der Waals surface area (Å²) >= 11 is 7.16. The molecule has 1 amide bonds. The molecule has 5 nitrogen and oxygen atoms in total. The molecule has 0 aliphatic rings. The number of nitrogens with one attached hydrogen (secondary N) is 1. The third-order valence-corrected chi connectivity index (χ3v) is 5.14. The predicted octanol–water partition coefficient (Wildman–Crippen LogP) is 4.85. The number of carbonyl (C=O) groups is 1. The Morgan fingerprint density at radius 2 is 2.11 bits per heavy atom. The molecular formula is C19H13ClFN3O2S. The third-order valence-electron chi connectivity index (χ3n) is 3.94. The highest BCUT2D eigenvalue weighted by Gasteiger charge is 2.14. The van der Waals surface area contributed by atoms with Gasteiger partial charge in [0.15, 0.2) is 10.7 Å². The van der Waals surface area contributed by atoms with Crippen LogP contribution in [0.5, 0.6) is 0 Å². The summed E-state index contributed by atoms with van der Waals surface area (Å²) < 4.78 is 18.4. The topological polar surface area (TPSA) is 68.0 Å². The van der Waals surface area contributed by atoms with Crippen molar-refractivity contribution in [1.82, 2.24) is 10.1 Å². The van der Waals surface area contributed by atoms with Gasteiger partial charge in [-0.15, -0.1) is 11.3 Å². The monoisotopic (exact) mass is 401 g/mol. The zero-order valence-corrected chi connectivity index (χ0v) is 15.5. The number of hydrogen-bond donors (Lipinski definition) is 1. The number of hydrogen-bond acceptors (Lipinski definition) is 5. The van der Waals surface area contributed by atoms with Crippen LogP contribution in [0.15, 0.2) is 53.2 Å². The van der Waals surface area contributed by atoms with Crippen molar-refractivity contribution in [3.05, 3.63) is 75.6 Å². The molecule has 1 N–H and O–H groups in total. The summed E-state index contributed by atoms with van der Waals surface area (Å²) in [6.45, 7) is 0. The molecule has 136 valence electrons. The van der Waals surface area contributed by atoms with Gasteiger partial charge in [-0.25, -0.2) is 9.37 Å². The number of thiazole rings is 1. The van der Waals surface area contributed by atoms with Gasteiger partial charge in [0.25, 0.3) is 0 Å². The molecule has 0 saturated carbocycles. The van der Waals surface area contributed by atoms with Crippen molar-refractivity contribution in [2.75, 3.05) is 5.32 Å². The molecule has 4 aromatic rings. The second-order valence-electron chi connectivity index (χ2n) is 5.91. The van der Waals surface area contributed by atoms with E-state index in [0.29, 0.717) is 22.8 Å². The van der Waals surface area contributed by atoms with Crippen molar-refractivity contribution in [1.29, 1.82) is 0 Å². The average Bonchev–Trinajstić information content (AvgIpc) is 3.25. The van der Waals surface area contributed by atoms with Crippen LogP contribution in [0.25, 0.3) is 11.0 Å². The molecule has 4 rings (SSSR count). The molecule has 2 aromatic carbocycles. The number of halogens is 2. The van der Waals surface area contributed by atoms with Gasteiger partial charge in [0.05, 0.1) is 11.4 Å². The van der Waals surface area contributed by atoms with Gasteiger partial charge in [-0.05, 0) is 29.8 Å². The minimum absolute atomic E-state index is 0.0883. The molecule has 0 saturated heterocycles. The lowest BCUT2D eigenvalue weighted by Gasteiger charge is -2.01. The minimum atomic E-state index is -0.446. The summed E-state index contributed by atoms with van der Waals surface area (Å²) in [7, 11) is 0. The van der Waals surface area contributed by atoms with Gasteiger partial charge in [-0.3, -0.25) is 4.79 Å². The van der Waals surface area contributed by atoms with E-state index in [-0.39, 0.29) is 17.4 Å². The molecule has 0 aliphatic heterocycles. The quantitative estimate of drug-likeness (QED) is 0.519. The lowest BCUT2D eigenvalue weighted by molar-refractivity contribution is -0.115. The first-order chi connectivity index (χ1) is 13.1. The van der Waals surface area contributed by atoms with Crippen LogP contribution in [-0.4, -0.2) is 16.0 Å². The van der Waals surface area contributed by atoms with Crippen LogP contribution in [0.1, 0.15) is 16.1 Å². The maximum Gasteiger partial charge on any atom is 0.232 e. The Hall–Kier alpha value is -2.77. The largest absolute Gasteiger partial charge is 0.356 e. The molecule has 0 aliphatic carbocycles. The van der Waals surface area contributed by atoms with E-state index in [1.165, 1.54) is 17.4 Å². The second kappa shape index (κ2) is 7.46. The number of para-hydroxylation sites is 1. The molecule has 2 heterocycles. The van der Waals surface area contributed by atoms with Gasteiger partial charge in [-0.2, -0.15) is 0 Å². The molecule has 0 fully saturated rings. The van der Waals surface area contributed by atoms with Gasteiger partial charge < -0.3 is 9.84 Å². The maximum absolute atomic E-state index is 13.2. The van der Waals surface area contributed by atoms with E-state index in [9.17, 15) is 9.18 Å². The summed E-state index contributed by atoms with van der Waals surface area (Å²) in [6, 6.07) is 12.0. The number of rotatable bonds is 5. The zero-order valence-electron chi connectivity index (χ0n) is 13.9. The molecule has 0 spiro atoms. The Kier molecular flexibility index (Phi) is 4.87. The first kappa shape index (κ1) is 17.6. The highest BCUT2D eigenvalue weighted by Crippen LogP contribution is 2.24. The van der Waals surface area contributed by atoms with Gasteiger partial charge in [0, 0.05) is 22.9 Å². The molecule has 0 radical (unpaired) electrons. The fourth-order valence-electron chi connectivity index (χ4n) is 2.68. The third kappa shape index (κ3) is 3.99. The molecule has 0 unspecified atom stereocenters. The number of amides is 1. The smallest absolute Gasteiger partial charge is 0.232 e. The van der Waals surface area contributed by atoms with E-state index >= 15 is 0 Å². The second-order valence-corrected chi connectivity index (χ2v) is 7.43. The normalized spacial score (nSPS) is 11.0. The first-order valence-electron chi connectivity index (χ1n) is 8.10. The van der Waals surface area contributed by atoms with Gasteiger partial charge in [0.1, 0.15) is 11.5 Å². The lowest BCUT2D eigenvalue weighted by atomic mass is 10.1. The summed E-state index contributed by atoms with van der Waals surface area (Å²) in [6.07, 6.45) is 2.34. The molecule has 2 aromatic heterocycles. The summed E-state index contributed by atoms with van der Waals surface area (Å²) in [5.41, 5.74) is 2.10. The number of aromatic nitrogens is 2. The number of carbonyl (C=O) groups excluding carboxylic acids is 1. The van der Waals surface area contributed by atoms with Crippen molar-refractivity contribution in [3.63, 3.8) is 0 Å². The van der Waals surface area contributed by atoms with Crippen molar-refractivity contribution >= 4 is 44.9 Å². The maximum atomic E-state index is 13.2. The first-order valence-corrected chi connectivity index (χ1v) is 9.30. The number of anilines is 1. The van der Waals surface area contributed by atoms with Crippen LogP contribution in [0, 0.1) is 5.82 Å². The molecule has 27 heavy (non-hydrogen) atoms. The van der Waals surface area contributed by atoms with Crippen molar-refractivity contribution in [2.45, 2.75) is 12.8 Å². The summed E-state index contributed by atoms with van der Waals surface area (Å²) in [5.74, 6) is -0.669. The van der Waals surface area contributed by atoms with E-state index in [1.54, 1.807) is 24.4 Å². The van der Waals surface area contributed by atoms with Crippen LogP contribution in [0.2, 0.25) is 5.02 Å². The Balaban J connectivity index is 1.41.